The minimum Gasteiger partial charge on any atom is -0.394 e. The Balaban J connectivity index is 2.06. The Kier molecular flexibility index (Phi) is 2.40. The molecule has 0 aliphatic carbocycles. The molecule has 2 heterocycles. The molecule has 1 radical (unpaired) electrons. The monoisotopic (exact) mass is 180 g/mol. The van der Waals surface area contributed by atoms with Crippen LogP contribution < -0.4 is 10.9 Å². The lowest BCUT2D eigenvalue weighted by Crippen LogP contribution is -2.42. The van der Waals surface area contributed by atoms with Gasteiger partial charge in [0.25, 0.3) is 0 Å². The summed E-state index contributed by atoms with van der Waals surface area (Å²) < 4.78 is 0. The molecular formula is C9H14N3O. The van der Waals surface area contributed by atoms with Gasteiger partial charge in [-0.25, -0.2) is 0 Å². The first-order chi connectivity index (χ1) is 6.42. The maximum absolute atomic E-state index is 9.12. The van der Waals surface area contributed by atoms with E-state index in [0.717, 1.165) is 25.2 Å². The molecule has 0 amide bonds. The van der Waals surface area contributed by atoms with E-state index in [4.69, 9.17) is 5.11 Å². The lowest BCUT2D eigenvalue weighted by molar-refractivity contribution is 0.177. The normalized spacial score (nSPS) is 26.7. The van der Waals surface area contributed by atoms with Crippen LogP contribution in [0.4, 0.5) is 0 Å². The minimum absolute atomic E-state index is 0.229. The third kappa shape index (κ3) is 1.62. The van der Waals surface area contributed by atoms with Gasteiger partial charge in [0.2, 0.25) is 0 Å². The molecule has 4 heteroatoms. The zero-order valence-electron chi connectivity index (χ0n) is 7.45. The molecule has 4 nitrogen and oxygen atoms in total. The molecule has 0 aromatic rings. The fraction of sp³-hybridized carbons (Fsp3) is 0.556. The molecule has 0 bridgehead atoms. The molecule has 3 N–H and O–H groups in total. The van der Waals surface area contributed by atoms with Crippen LogP contribution in [0.3, 0.4) is 0 Å². The topological polar surface area (TPSA) is 47.5 Å². The van der Waals surface area contributed by atoms with Gasteiger partial charge >= 0.3 is 0 Å². The van der Waals surface area contributed by atoms with Crippen molar-refractivity contribution in [3.05, 3.63) is 24.2 Å². The molecule has 2 rings (SSSR count). The van der Waals surface area contributed by atoms with Crippen LogP contribution >= 0.6 is 0 Å². The van der Waals surface area contributed by atoms with Crippen molar-refractivity contribution in [2.45, 2.75) is 18.9 Å². The lowest BCUT2D eigenvalue weighted by Gasteiger charge is -2.29. The van der Waals surface area contributed by atoms with Crippen LogP contribution in [-0.4, -0.2) is 29.2 Å². The molecule has 2 aliphatic rings. The van der Waals surface area contributed by atoms with Gasteiger partial charge < -0.3 is 10.0 Å². The fourth-order valence-corrected chi connectivity index (χ4v) is 1.81. The predicted octanol–water partition coefficient (Wildman–Crippen LogP) is -0.291. The molecule has 1 fully saturated rings. The summed E-state index contributed by atoms with van der Waals surface area (Å²) in [6, 6.07) is 0.270. The smallest absolute Gasteiger partial charge is 0.120 e. The van der Waals surface area contributed by atoms with Crippen molar-refractivity contribution in [2.24, 2.45) is 0 Å². The SMILES string of the molecule is OCC1CCCN1C1=CC=[C]NN1. The van der Waals surface area contributed by atoms with Crippen LogP contribution in [0.5, 0.6) is 0 Å². The molecule has 13 heavy (non-hydrogen) atoms. The summed E-state index contributed by atoms with van der Waals surface area (Å²) in [6.45, 7) is 1.24. The third-order valence-corrected chi connectivity index (χ3v) is 2.48. The van der Waals surface area contributed by atoms with Gasteiger partial charge in [0.05, 0.1) is 18.8 Å². The highest BCUT2D eigenvalue weighted by Crippen LogP contribution is 2.20. The summed E-state index contributed by atoms with van der Waals surface area (Å²) in [7, 11) is 0. The molecule has 71 valence electrons. The molecule has 1 saturated heterocycles. The van der Waals surface area contributed by atoms with E-state index in [1.165, 1.54) is 0 Å². The Morgan fingerprint density at radius 2 is 2.62 bits per heavy atom. The molecule has 0 spiro atoms. The van der Waals surface area contributed by atoms with E-state index in [-0.39, 0.29) is 12.6 Å². The van der Waals surface area contributed by atoms with Gasteiger partial charge in [-0.3, -0.25) is 10.9 Å². The number of rotatable bonds is 2. The number of aliphatic hydroxyl groups is 1. The summed E-state index contributed by atoms with van der Waals surface area (Å²) >= 11 is 0. The number of hydrogen-bond acceptors (Lipinski definition) is 4. The van der Waals surface area contributed by atoms with E-state index in [1.54, 1.807) is 0 Å². The van der Waals surface area contributed by atoms with Crippen LogP contribution in [0, 0.1) is 6.20 Å². The van der Waals surface area contributed by atoms with Crippen molar-refractivity contribution < 1.29 is 5.11 Å². The number of nitrogens with zero attached hydrogens (tertiary/aromatic N) is 1. The first kappa shape index (κ1) is 8.44. The van der Waals surface area contributed by atoms with Gasteiger partial charge in [-0.1, -0.05) is 0 Å². The number of hydrazine groups is 1. The van der Waals surface area contributed by atoms with E-state index in [2.05, 4.69) is 22.0 Å². The van der Waals surface area contributed by atoms with Gasteiger partial charge in [-0.2, -0.15) is 0 Å². The van der Waals surface area contributed by atoms with Gasteiger partial charge in [0.15, 0.2) is 0 Å². The van der Waals surface area contributed by atoms with Crippen molar-refractivity contribution in [2.75, 3.05) is 13.2 Å². The predicted molar refractivity (Wildman–Crippen MR) is 49.0 cm³/mol. The first-order valence-corrected chi connectivity index (χ1v) is 4.59. The van der Waals surface area contributed by atoms with Crippen molar-refractivity contribution in [3.8, 4) is 0 Å². The first-order valence-electron chi connectivity index (χ1n) is 4.59. The standard InChI is InChI=1S/C9H14N3O/c13-7-8-3-2-6-12(8)9-4-1-5-10-11-9/h1,4,8,10-11,13H,2-3,6-7H2. The highest BCUT2D eigenvalue weighted by atomic mass is 16.3. The van der Waals surface area contributed by atoms with Crippen molar-refractivity contribution in [3.63, 3.8) is 0 Å². The summed E-state index contributed by atoms with van der Waals surface area (Å²) in [5, 5.41) is 9.12. The van der Waals surface area contributed by atoms with Crippen LogP contribution in [0.25, 0.3) is 0 Å². The summed E-state index contributed by atoms with van der Waals surface area (Å²) in [5.41, 5.74) is 5.82. The van der Waals surface area contributed by atoms with Gasteiger partial charge in [-0.15, -0.1) is 0 Å². The molecule has 1 unspecified atom stereocenters. The number of likely N-dealkylation sites (tertiary alicyclic amines) is 1. The zero-order chi connectivity index (χ0) is 9.10. The Hall–Kier alpha value is -1.16. The maximum Gasteiger partial charge on any atom is 0.120 e. The second kappa shape index (κ2) is 3.70. The quantitative estimate of drug-likeness (QED) is 0.546. The average molecular weight is 180 g/mol. The summed E-state index contributed by atoms with van der Waals surface area (Å²) in [4.78, 5) is 2.18. The van der Waals surface area contributed by atoms with Crippen LogP contribution in [0.1, 0.15) is 12.8 Å². The largest absolute Gasteiger partial charge is 0.394 e. The number of hydrogen-bond donors (Lipinski definition) is 3. The van der Waals surface area contributed by atoms with Gasteiger partial charge in [0.1, 0.15) is 5.82 Å². The van der Waals surface area contributed by atoms with E-state index < -0.39 is 0 Å². The fourth-order valence-electron chi connectivity index (χ4n) is 1.81. The van der Waals surface area contributed by atoms with E-state index in [9.17, 15) is 0 Å². The Labute approximate surface area is 77.9 Å². The number of nitrogens with one attached hydrogen (secondary N) is 2. The molecular weight excluding hydrogens is 166 g/mol. The Bertz CT molecular complexity index is 237. The van der Waals surface area contributed by atoms with Crippen molar-refractivity contribution in [1.29, 1.82) is 0 Å². The lowest BCUT2D eigenvalue weighted by atomic mass is 10.2. The maximum atomic E-state index is 9.12. The van der Waals surface area contributed by atoms with E-state index >= 15 is 0 Å². The zero-order valence-corrected chi connectivity index (χ0v) is 7.45. The number of allylic oxidation sites excluding steroid dienone is 2. The number of aliphatic hydroxyl groups excluding tert-OH is 1. The summed E-state index contributed by atoms with van der Waals surface area (Å²) in [6.07, 6.45) is 8.84. The van der Waals surface area contributed by atoms with Crippen molar-refractivity contribution >= 4 is 0 Å². The third-order valence-electron chi connectivity index (χ3n) is 2.48. The summed E-state index contributed by atoms with van der Waals surface area (Å²) in [5.74, 6) is 1.02. The second-order valence-corrected chi connectivity index (χ2v) is 3.28. The average Bonchev–Trinajstić information content (AvgIpc) is 2.67. The molecule has 1 atom stereocenters. The molecule has 0 aromatic heterocycles. The van der Waals surface area contributed by atoms with E-state index in [0.29, 0.717) is 0 Å². The Morgan fingerprint density at radius 3 is 3.31 bits per heavy atom. The van der Waals surface area contributed by atoms with Crippen LogP contribution in [0.2, 0.25) is 0 Å². The van der Waals surface area contributed by atoms with Gasteiger partial charge in [0, 0.05) is 6.54 Å². The second-order valence-electron chi connectivity index (χ2n) is 3.28. The molecule has 0 aromatic carbocycles. The molecule has 0 saturated carbocycles. The Morgan fingerprint density at radius 1 is 1.69 bits per heavy atom. The van der Waals surface area contributed by atoms with Crippen LogP contribution in [-0.2, 0) is 0 Å². The minimum atomic E-state index is 0.229. The highest BCUT2D eigenvalue weighted by Gasteiger charge is 2.25. The van der Waals surface area contributed by atoms with Gasteiger partial charge in [-0.05, 0) is 25.0 Å². The van der Waals surface area contributed by atoms with E-state index in [1.807, 2.05) is 12.2 Å². The highest BCUT2D eigenvalue weighted by molar-refractivity contribution is 5.13. The van der Waals surface area contributed by atoms with Crippen molar-refractivity contribution in [1.82, 2.24) is 15.8 Å². The van der Waals surface area contributed by atoms with Crippen LogP contribution in [0.15, 0.2) is 18.0 Å². The molecule has 2 aliphatic heterocycles.